The second-order valence-electron chi connectivity index (χ2n) is 9.53. The SMILES string of the molecule is CCOC(=O)C1=C(c2ccccc2)N=c2s/c(=C\c3ccc(N(C)C)cc3)c(=O)n2[C@H]1c1ccc(OC)c(OC)c1. The average Bonchev–Trinajstić information content (AvgIpc) is 3.30. The van der Waals surface area contributed by atoms with E-state index in [0.29, 0.717) is 32.1 Å². The maximum absolute atomic E-state index is 14.1. The molecule has 0 spiro atoms. The highest BCUT2D eigenvalue weighted by Gasteiger charge is 2.35. The van der Waals surface area contributed by atoms with Crippen molar-refractivity contribution in [1.82, 2.24) is 4.57 Å². The highest BCUT2D eigenvalue weighted by molar-refractivity contribution is 7.07. The number of rotatable bonds is 8. The van der Waals surface area contributed by atoms with Gasteiger partial charge in [0.05, 0.1) is 42.7 Å². The number of carbonyl (C=O) groups is 1. The lowest BCUT2D eigenvalue weighted by Crippen LogP contribution is -2.40. The lowest BCUT2D eigenvalue weighted by molar-refractivity contribution is -0.138. The summed E-state index contributed by atoms with van der Waals surface area (Å²) >= 11 is 1.28. The van der Waals surface area contributed by atoms with Crippen LogP contribution in [0.4, 0.5) is 5.69 Å². The lowest BCUT2D eigenvalue weighted by atomic mass is 9.93. The summed E-state index contributed by atoms with van der Waals surface area (Å²) in [7, 11) is 7.06. The predicted molar refractivity (Wildman–Crippen MR) is 161 cm³/mol. The predicted octanol–water partition coefficient (Wildman–Crippen LogP) is 4.02. The second-order valence-corrected chi connectivity index (χ2v) is 10.5. The molecule has 0 fully saturated rings. The van der Waals surface area contributed by atoms with Gasteiger partial charge in [0.15, 0.2) is 16.3 Å². The molecule has 4 aromatic rings. The monoisotopic (exact) mass is 569 g/mol. The molecule has 1 aromatic heterocycles. The van der Waals surface area contributed by atoms with Crippen LogP contribution < -0.4 is 29.3 Å². The molecule has 1 atom stereocenters. The minimum atomic E-state index is -0.807. The van der Waals surface area contributed by atoms with E-state index in [4.69, 9.17) is 19.2 Å². The Labute approximate surface area is 242 Å². The van der Waals surface area contributed by atoms with E-state index < -0.39 is 12.0 Å². The van der Waals surface area contributed by atoms with E-state index >= 15 is 0 Å². The minimum absolute atomic E-state index is 0.177. The first kappa shape index (κ1) is 27.9. The molecule has 0 unspecified atom stereocenters. The number of fused-ring (bicyclic) bond motifs is 1. The molecular weight excluding hydrogens is 538 g/mol. The summed E-state index contributed by atoms with van der Waals surface area (Å²) in [6.45, 7) is 1.93. The van der Waals surface area contributed by atoms with E-state index in [1.165, 1.54) is 11.3 Å². The number of methoxy groups -OCH3 is 2. The summed E-state index contributed by atoms with van der Waals surface area (Å²) in [5.74, 6) is 0.479. The molecule has 5 rings (SSSR count). The molecule has 2 heterocycles. The van der Waals surface area contributed by atoms with Crippen LogP contribution in [0.25, 0.3) is 11.8 Å². The third kappa shape index (κ3) is 5.40. The molecule has 210 valence electrons. The zero-order chi connectivity index (χ0) is 29.1. The van der Waals surface area contributed by atoms with Crippen molar-refractivity contribution in [3.63, 3.8) is 0 Å². The van der Waals surface area contributed by atoms with E-state index in [1.807, 2.05) is 85.7 Å². The van der Waals surface area contributed by atoms with Gasteiger partial charge in [0.1, 0.15) is 0 Å². The highest BCUT2D eigenvalue weighted by Crippen LogP contribution is 2.38. The van der Waals surface area contributed by atoms with Gasteiger partial charge in [-0.2, -0.15) is 0 Å². The van der Waals surface area contributed by atoms with Crippen molar-refractivity contribution in [1.29, 1.82) is 0 Å². The molecule has 0 N–H and O–H groups in total. The molecule has 0 saturated heterocycles. The van der Waals surface area contributed by atoms with Crippen molar-refractivity contribution in [2.75, 3.05) is 39.8 Å². The molecule has 0 bridgehead atoms. The van der Waals surface area contributed by atoms with Gasteiger partial charge in [-0.3, -0.25) is 9.36 Å². The van der Waals surface area contributed by atoms with Crippen molar-refractivity contribution >= 4 is 34.8 Å². The molecule has 3 aromatic carbocycles. The van der Waals surface area contributed by atoms with Gasteiger partial charge in [-0.25, -0.2) is 9.79 Å². The topological polar surface area (TPSA) is 82.4 Å². The zero-order valence-corrected chi connectivity index (χ0v) is 24.4. The quantitative estimate of drug-likeness (QED) is 0.298. The van der Waals surface area contributed by atoms with Gasteiger partial charge in [0.25, 0.3) is 5.56 Å². The van der Waals surface area contributed by atoms with Crippen molar-refractivity contribution < 1.29 is 19.0 Å². The zero-order valence-electron chi connectivity index (χ0n) is 23.6. The van der Waals surface area contributed by atoms with Gasteiger partial charge < -0.3 is 19.1 Å². The van der Waals surface area contributed by atoms with Crippen molar-refractivity contribution in [2.24, 2.45) is 4.99 Å². The maximum atomic E-state index is 14.1. The van der Waals surface area contributed by atoms with Gasteiger partial charge >= 0.3 is 5.97 Å². The number of esters is 1. The molecule has 1 aliphatic heterocycles. The summed E-state index contributed by atoms with van der Waals surface area (Å²) < 4.78 is 18.6. The number of benzene rings is 3. The molecule has 0 radical (unpaired) electrons. The van der Waals surface area contributed by atoms with Gasteiger partial charge in [-0.05, 0) is 48.4 Å². The van der Waals surface area contributed by atoms with Crippen LogP contribution in [0.1, 0.15) is 29.7 Å². The van der Waals surface area contributed by atoms with Crippen molar-refractivity contribution in [3.8, 4) is 11.5 Å². The fourth-order valence-corrected chi connectivity index (χ4v) is 5.80. The number of carbonyl (C=O) groups excluding carboxylic acids is 1. The third-order valence-electron chi connectivity index (χ3n) is 6.80. The molecule has 41 heavy (non-hydrogen) atoms. The standard InChI is InChI=1S/C32H31N3O5S/c1-6-40-31(37)27-28(21-10-8-7-9-11-21)33-32-35(29(27)22-14-17-24(38-4)25(19-22)39-5)30(36)26(41-32)18-20-12-15-23(16-13-20)34(2)3/h7-19,29H,6H2,1-5H3/b26-18-/t29-/m0/s1. The summed E-state index contributed by atoms with van der Waals surface area (Å²) in [6, 6.07) is 22.0. The van der Waals surface area contributed by atoms with Crippen molar-refractivity contribution in [3.05, 3.63) is 115 Å². The Balaban J connectivity index is 1.80. The van der Waals surface area contributed by atoms with Crippen LogP contribution in [-0.4, -0.2) is 45.5 Å². The number of ether oxygens (including phenoxy) is 3. The largest absolute Gasteiger partial charge is 0.493 e. The van der Waals surface area contributed by atoms with Crippen LogP contribution >= 0.6 is 11.3 Å². The van der Waals surface area contributed by atoms with Gasteiger partial charge in [0, 0.05) is 25.3 Å². The molecule has 0 saturated carbocycles. The fourth-order valence-electron chi connectivity index (χ4n) is 4.80. The van der Waals surface area contributed by atoms with Crippen LogP contribution in [0, 0.1) is 0 Å². The minimum Gasteiger partial charge on any atom is -0.493 e. The Bertz CT molecular complexity index is 1790. The van der Waals surface area contributed by atoms with Crippen molar-refractivity contribution in [2.45, 2.75) is 13.0 Å². The Kier molecular flexibility index (Phi) is 8.07. The van der Waals surface area contributed by atoms with E-state index in [1.54, 1.807) is 37.8 Å². The second kappa shape index (κ2) is 11.9. The number of hydrogen-bond donors (Lipinski definition) is 0. The average molecular weight is 570 g/mol. The van der Waals surface area contributed by atoms with E-state index in [-0.39, 0.29) is 17.7 Å². The Morgan fingerprint density at radius 3 is 2.34 bits per heavy atom. The molecular formula is C32H31N3O5S. The van der Waals surface area contributed by atoms with Gasteiger partial charge in [-0.15, -0.1) is 0 Å². The molecule has 0 aliphatic carbocycles. The van der Waals surface area contributed by atoms with Crippen LogP contribution in [0.2, 0.25) is 0 Å². The molecule has 8 nitrogen and oxygen atoms in total. The van der Waals surface area contributed by atoms with E-state index in [0.717, 1.165) is 16.8 Å². The van der Waals surface area contributed by atoms with E-state index in [9.17, 15) is 9.59 Å². The summed E-state index contributed by atoms with van der Waals surface area (Å²) in [5.41, 5.74) is 3.85. The van der Waals surface area contributed by atoms with Crippen LogP contribution in [0.15, 0.2) is 88.2 Å². The fraction of sp³-hybridized carbons (Fsp3) is 0.219. The number of aromatic nitrogens is 1. The first-order valence-corrected chi connectivity index (χ1v) is 14.0. The Morgan fingerprint density at radius 2 is 1.71 bits per heavy atom. The smallest absolute Gasteiger partial charge is 0.338 e. The van der Waals surface area contributed by atoms with Gasteiger partial charge in [-0.1, -0.05) is 59.9 Å². The number of nitrogens with zero attached hydrogens (tertiary/aromatic N) is 3. The maximum Gasteiger partial charge on any atom is 0.338 e. The van der Waals surface area contributed by atoms with Crippen LogP contribution in [0.5, 0.6) is 11.5 Å². The summed E-state index contributed by atoms with van der Waals surface area (Å²) in [4.78, 5) is 35.1. The lowest BCUT2D eigenvalue weighted by Gasteiger charge is -2.26. The number of hydrogen-bond acceptors (Lipinski definition) is 8. The summed E-state index contributed by atoms with van der Waals surface area (Å²) in [6.07, 6.45) is 1.85. The highest BCUT2D eigenvalue weighted by atomic mass is 32.1. The first-order chi connectivity index (χ1) is 19.9. The Hall–Kier alpha value is -4.63. The van der Waals surface area contributed by atoms with Crippen LogP contribution in [-0.2, 0) is 9.53 Å². The Morgan fingerprint density at radius 1 is 1.00 bits per heavy atom. The molecule has 0 amide bonds. The molecule has 1 aliphatic rings. The third-order valence-corrected chi connectivity index (χ3v) is 7.79. The number of anilines is 1. The number of thiazole rings is 1. The summed E-state index contributed by atoms with van der Waals surface area (Å²) in [5, 5.41) is 0. The first-order valence-electron chi connectivity index (χ1n) is 13.1. The van der Waals surface area contributed by atoms with Gasteiger partial charge in [0.2, 0.25) is 0 Å². The van der Waals surface area contributed by atoms with Crippen LogP contribution in [0.3, 0.4) is 0 Å². The molecule has 9 heteroatoms. The normalized spacial score (nSPS) is 14.8. The van der Waals surface area contributed by atoms with E-state index in [2.05, 4.69) is 0 Å².